The highest BCUT2D eigenvalue weighted by Gasteiger charge is 2.25. The zero-order valence-corrected chi connectivity index (χ0v) is 13.2. The molecule has 0 bridgehead atoms. The van der Waals surface area contributed by atoms with Gasteiger partial charge in [-0.3, -0.25) is 14.9 Å². The maximum absolute atomic E-state index is 12.3. The third kappa shape index (κ3) is 3.75. The van der Waals surface area contributed by atoms with Gasteiger partial charge < -0.3 is 9.32 Å². The van der Waals surface area contributed by atoms with Gasteiger partial charge in [-0.15, -0.1) is 0 Å². The van der Waals surface area contributed by atoms with Crippen LogP contribution in [0, 0.1) is 10.1 Å². The molecule has 0 aliphatic carbocycles. The number of hydrogen-bond donors (Lipinski definition) is 0. The molecule has 0 aliphatic heterocycles. The highest BCUT2D eigenvalue weighted by atomic mass is 32.2. The van der Waals surface area contributed by atoms with E-state index in [9.17, 15) is 23.3 Å². The SMILES string of the molecule is CN(Cc1ccco1)C(=O)c1ccc(S(C)(=O)=O)c([N+](=O)[O-])c1. The number of benzene rings is 1. The molecule has 1 heterocycles. The van der Waals surface area contributed by atoms with Crippen LogP contribution in [0.4, 0.5) is 5.69 Å². The second-order valence-electron chi connectivity index (χ2n) is 4.95. The van der Waals surface area contributed by atoms with Gasteiger partial charge in [-0.25, -0.2) is 8.42 Å². The van der Waals surface area contributed by atoms with Crippen molar-refractivity contribution >= 4 is 21.4 Å². The lowest BCUT2D eigenvalue weighted by atomic mass is 10.1. The molecule has 0 atom stereocenters. The van der Waals surface area contributed by atoms with Crippen molar-refractivity contribution in [2.75, 3.05) is 13.3 Å². The van der Waals surface area contributed by atoms with Crippen LogP contribution in [0.3, 0.4) is 0 Å². The summed E-state index contributed by atoms with van der Waals surface area (Å²) < 4.78 is 28.3. The number of carbonyl (C=O) groups is 1. The normalized spacial score (nSPS) is 11.2. The highest BCUT2D eigenvalue weighted by molar-refractivity contribution is 7.90. The number of amides is 1. The number of rotatable bonds is 5. The van der Waals surface area contributed by atoms with Gasteiger partial charge in [0.05, 0.1) is 17.7 Å². The summed E-state index contributed by atoms with van der Waals surface area (Å²) in [6, 6.07) is 6.67. The highest BCUT2D eigenvalue weighted by Crippen LogP contribution is 2.25. The van der Waals surface area contributed by atoms with E-state index in [2.05, 4.69) is 0 Å². The first kappa shape index (κ1) is 16.7. The fraction of sp³-hybridized carbons (Fsp3) is 0.214. The lowest BCUT2D eigenvalue weighted by Gasteiger charge is -2.16. The number of sulfone groups is 1. The standard InChI is InChI=1S/C14H14N2O6S/c1-15(9-11-4-3-7-22-11)14(17)10-5-6-13(23(2,20)21)12(8-10)16(18)19/h3-8H,9H2,1-2H3. The molecular weight excluding hydrogens is 324 g/mol. The topological polar surface area (TPSA) is 111 Å². The molecule has 23 heavy (non-hydrogen) atoms. The molecule has 0 radical (unpaired) electrons. The Morgan fingerprint density at radius 2 is 2.04 bits per heavy atom. The molecule has 0 fully saturated rings. The van der Waals surface area contributed by atoms with Gasteiger partial charge in [0.15, 0.2) is 9.84 Å². The van der Waals surface area contributed by atoms with Crippen LogP contribution < -0.4 is 0 Å². The molecule has 0 aliphatic rings. The molecule has 2 aromatic rings. The van der Waals surface area contributed by atoms with Gasteiger partial charge in [-0.1, -0.05) is 0 Å². The van der Waals surface area contributed by atoms with Crippen molar-refractivity contribution in [3.63, 3.8) is 0 Å². The summed E-state index contributed by atoms with van der Waals surface area (Å²) in [5, 5.41) is 11.1. The van der Waals surface area contributed by atoms with Gasteiger partial charge in [0.1, 0.15) is 10.7 Å². The van der Waals surface area contributed by atoms with Gasteiger partial charge in [-0.05, 0) is 24.3 Å². The van der Waals surface area contributed by atoms with Crippen LogP contribution in [-0.2, 0) is 16.4 Å². The van der Waals surface area contributed by atoms with E-state index in [0.717, 1.165) is 18.4 Å². The number of nitrogens with zero attached hydrogens (tertiary/aromatic N) is 2. The van der Waals surface area contributed by atoms with Gasteiger partial charge in [-0.2, -0.15) is 0 Å². The second-order valence-corrected chi connectivity index (χ2v) is 6.94. The molecule has 122 valence electrons. The lowest BCUT2D eigenvalue weighted by molar-refractivity contribution is -0.387. The molecule has 8 nitrogen and oxygen atoms in total. The quantitative estimate of drug-likeness (QED) is 0.608. The number of nitro groups is 1. The van der Waals surface area contributed by atoms with Crippen molar-refractivity contribution in [2.24, 2.45) is 0 Å². The van der Waals surface area contributed by atoms with Crippen LogP contribution in [-0.4, -0.2) is 37.5 Å². The zero-order chi connectivity index (χ0) is 17.2. The van der Waals surface area contributed by atoms with Gasteiger partial charge in [0, 0.05) is 24.9 Å². The Labute approximate surface area is 132 Å². The Hall–Kier alpha value is -2.68. The summed E-state index contributed by atoms with van der Waals surface area (Å²) in [7, 11) is -2.25. The molecule has 0 saturated heterocycles. The van der Waals surface area contributed by atoms with E-state index in [1.54, 1.807) is 12.1 Å². The minimum Gasteiger partial charge on any atom is -0.467 e. The Bertz CT molecular complexity index is 842. The van der Waals surface area contributed by atoms with E-state index in [1.165, 1.54) is 24.3 Å². The Kier molecular flexibility index (Phi) is 4.50. The largest absolute Gasteiger partial charge is 0.467 e. The molecule has 0 unspecified atom stereocenters. The average molecular weight is 338 g/mol. The van der Waals surface area contributed by atoms with Crippen LogP contribution >= 0.6 is 0 Å². The summed E-state index contributed by atoms with van der Waals surface area (Å²) >= 11 is 0. The maximum Gasteiger partial charge on any atom is 0.288 e. The monoisotopic (exact) mass is 338 g/mol. The van der Waals surface area contributed by atoms with Gasteiger partial charge in [0.2, 0.25) is 0 Å². The molecule has 2 rings (SSSR count). The summed E-state index contributed by atoms with van der Waals surface area (Å²) in [4.78, 5) is 23.5. The summed E-state index contributed by atoms with van der Waals surface area (Å²) in [6.45, 7) is 0.188. The van der Waals surface area contributed by atoms with Gasteiger partial charge in [0.25, 0.3) is 11.6 Å². The molecule has 1 amide bonds. The number of hydrogen-bond acceptors (Lipinski definition) is 6. The van der Waals surface area contributed by atoms with Crippen molar-refractivity contribution in [1.82, 2.24) is 4.90 Å². The van der Waals surface area contributed by atoms with E-state index in [0.29, 0.717) is 5.76 Å². The second kappa shape index (κ2) is 6.21. The molecular formula is C14H14N2O6S. The molecule has 0 spiro atoms. The van der Waals surface area contributed by atoms with Crippen molar-refractivity contribution in [3.05, 3.63) is 58.0 Å². The maximum atomic E-state index is 12.3. The first-order valence-corrected chi connectivity index (χ1v) is 8.35. The minimum absolute atomic E-state index is 0.0261. The Balaban J connectivity index is 2.34. The van der Waals surface area contributed by atoms with E-state index < -0.39 is 31.3 Å². The first-order chi connectivity index (χ1) is 10.7. The minimum atomic E-state index is -3.76. The summed E-state index contributed by atoms with van der Waals surface area (Å²) in [5.74, 6) is 0.0765. The van der Waals surface area contributed by atoms with Crippen LogP contribution in [0.25, 0.3) is 0 Å². The van der Waals surface area contributed by atoms with Crippen LogP contribution in [0.2, 0.25) is 0 Å². The number of carbonyl (C=O) groups excluding carboxylic acids is 1. The van der Waals surface area contributed by atoms with Gasteiger partial charge >= 0.3 is 0 Å². The van der Waals surface area contributed by atoms with Crippen molar-refractivity contribution in [2.45, 2.75) is 11.4 Å². The number of furan rings is 1. The fourth-order valence-corrected chi connectivity index (χ4v) is 2.86. The van der Waals surface area contributed by atoms with E-state index in [-0.39, 0.29) is 12.1 Å². The fourth-order valence-electron chi connectivity index (χ4n) is 2.04. The predicted molar refractivity (Wildman–Crippen MR) is 80.7 cm³/mol. The van der Waals surface area contributed by atoms with E-state index in [1.807, 2.05) is 0 Å². The Morgan fingerprint density at radius 3 is 2.57 bits per heavy atom. The van der Waals surface area contributed by atoms with Crippen molar-refractivity contribution < 1.29 is 22.6 Å². The summed E-state index contributed by atoms with van der Waals surface area (Å²) in [6.07, 6.45) is 2.35. The number of nitro benzene ring substituents is 1. The van der Waals surface area contributed by atoms with E-state index in [4.69, 9.17) is 4.42 Å². The molecule has 1 aromatic heterocycles. The van der Waals surface area contributed by atoms with E-state index >= 15 is 0 Å². The molecule has 1 aromatic carbocycles. The summed E-state index contributed by atoms with van der Waals surface area (Å²) in [5.41, 5.74) is -0.595. The third-order valence-corrected chi connectivity index (χ3v) is 4.27. The molecule has 0 saturated carbocycles. The first-order valence-electron chi connectivity index (χ1n) is 6.46. The smallest absolute Gasteiger partial charge is 0.288 e. The van der Waals surface area contributed by atoms with Crippen LogP contribution in [0.15, 0.2) is 45.9 Å². The van der Waals surface area contributed by atoms with Crippen molar-refractivity contribution in [1.29, 1.82) is 0 Å². The predicted octanol–water partition coefficient (Wildman–Crippen LogP) is 1.86. The lowest BCUT2D eigenvalue weighted by Crippen LogP contribution is -2.26. The zero-order valence-electron chi connectivity index (χ0n) is 12.4. The Morgan fingerprint density at radius 1 is 1.35 bits per heavy atom. The van der Waals surface area contributed by atoms with Crippen molar-refractivity contribution in [3.8, 4) is 0 Å². The van der Waals surface area contributed by atoms with Crippen LogP contribution in [0.5, 0.6) is 0 Å². The average Bonchev–Trinajstić information content (AvgIpc) is 2.97. The molecule has 0 N–H and O–H groups in total. The van der Waals surface area contributed by atoms with Crippen LogP contribution in [0.1, 0.15) is 16.1 Å². The molecule has 9 heteroatoms. The third-order valence-electron chi connectivity index (χ3n) is 3.12.